The highest BCUT2D eigenvalue weighted by molar-refractivity contribution is 7.10. The van der Waals surface area contributed by atoms with Crippen LogP contribution in [0, 0.1) is 0 Å². The van der Waals surface area contributed by atoms with Crippen LogP contribution in [0.15, 0.2) is 35.7 Å². The van der Waals surface area contributed by atoms with Gasteiger partial charge in [0, 0.05) is 17.4 Å². The standard InChI is InChI=1S/C19H24N2O4S/c1-12(15-10-14(24-3)7-8-17(15)25-4)20-19(23)11-16(21-13(2)22)18-6-5-9-26-18/h5-10,12,16H,11H2,1-4H3,(H,20,23)(H,21,22)/t12-,16-/m0/s1. The van der Waals surface area contributed by atoms with E-state index in [9.17, 15) is 9.59 Å². The van der Waals surface area contributed by atoms with E-state index in [1.54, 1.807) is 20.3 Å². The van der Waals surface area contributed by atoms with Crippen LogP contribution in [0.25, 0.3) is 0 Å². The zero-order valence-corrected chi connectivity index (χ0v) is 16.2. The second-order valence-corrected chi connectivity index (χ2v) is 6.85. The van der Waals surface area contributed by atoms with Gasteiger partial charge in [0.1, 0.15) is 11.5 Å². The minimum atomic E-state index is -0.341. The number of nitrogens with one attached hydrogen (secondary N) is 2. The number of amides is 2. The molecule has 0 aliphatic heterocycles. The molecular formula is C19H24N2O4S. The molecular weight excluding hydrogens is 352 g/mol. The topological polar surface area (TPSA) is 76.7 Å². The molecule has 0 saturated heterocycles. The SMILES string of the molecule is COc1ccc(OC)c([C@H](C)NC(=O)C[C@H](NC(C)=O)c2cccs2)c1. The summed E-state index contributed by atoms with van der Waals surface area (Å²) in [7, 11) is 3.18. The first kappa shape index (κ1) is 19.8. The van der Waals surface area contributed by atoms with Gasteiger partial charge in [0.25, 0.3) is 0 Å². The molecule has 0 bridgehead atoms. The van der Waals surface area contributed by atoms with E-state index < -0.39 is 0 Å². The van der Waals surface area contributed by atoms with Crippen molar-refractivity contribution in [3.63, 3.8) is 0 Å². The summed E-state index contributed by atoms with van der Waals surface area (Å²) >= 11 is 1.51. The van der Waals surface area contributed by atoms with Gasteiger partial charge < -0.3 is 20.1 Å². The first-order valence-corrected chi connectivity index (χ1v) is 9.14. The molecule has 1 aromatic heterocycles. The van der Waals surface area contributed by atoms with E-state index in [2.05, 4.69) is 10.6 Å². The molecule has 7 heteroatoms. The molecule has 0 aliphatic rings. The molecule has 2 rings (SSSR count). The number of hydrogen-bond donors (Lipinski definition) is 2. The molecule has 2 atom stereocenters. The van der Waals surface area contributed by atoms with E-state index in [1.807, 2.05) is 36.6 Å². The molecule has 0 fully saturated rings. The third-order valence-corrected chi connectivity index (χ3v) is 4.92. The molecule has 0 unspecified atom stereocenters. The van der Waals surface area contributed by atoms with E-state index >= 15 is 0 Å². The zero-order chi connectivity index (χ0) is 19.1. The number of carbonyl (C=O) groups is 2. The maximum atomic E-state index is 12.5. The number of benzene rings is 1. The van der Waals surface area contributed by atoms with Gasteiger partial charge in [0.15, 0.2) is 0 Å². The molecule has 2 amide bonds. The highest BCUT2D eigenvalue weighted by Crippen LogP contribution is 2.29. The lowest BCUT2D eigenvalue weighted by atomic mass is 10.1. The average Bonchev–Trinajstić information content (AvgIpc) is 3.14. The van der Waals surface area contributed by atoms with Gasteiger partial charge in [-0.1, -0.05) is 6.07 Å². The Morgan fingerprint density at radius 3 is 2.50 bits per heavy atom. The van der Waals surface area contributed by atoms with Crippen molar-refractivity contribution in [3.05, 3.63) is 46.2 Å². The van der Waals surface area contributed by atoms with Crippen LogP contribution in [0.4, 0.5) is 0 Å². The van der Waals surface area contributed by atoms with Gasteiger partial charge >= 0.3 is 0 Å². The van der Waals surface area contributed by atoms with Crippen LogP contribution in [-0.4, -0.2) is 26.0 Å². The summed E-state index contributed by atoms with van der Waals surface area (Å²) in [6.07, 6.45) is 0.163. The Balaban J connectivity index is 2.09. The highest BCUT2D eigenvalue weighted by atomic mass is 32.1. The van der Waals surface area contributed by atoms with Crippen LogP contribution < -0.4 is 20.1 Å². The van der Waals surface area contributed by atoms with Crippen molar-refractivity contribution < 1.29 is 19.1 Å². The minimum Gasteiger partial charge on any atom is -0.497 e. The second kappa shape index (κ2) is 9.24. The quantitative estimate of drug-likeness (QED) is 0.742. The van der Waals surface area contributed by atoms with E-state index in [1.165, 1.54) is 18.3 Å². The number of carbonyl (C=O) groups excluding carboxylic acids is 2. The minimum absolute atomic E-state index is 0.158. The second-order valence-electron chi connectivity index (χ2n) is 5.87. The molecule has 1 heterocycles. The molecule has 140 valence electrons. The summed E-state index contributed by atoms with van der Waals surface area (Å²) in [5.74, 6) is 1.04. The summed E-state index contributed by atoms with van der Waals surface area (Å²) in [4.78, 5) is 24.9. The molecule has 6 nitrogen and oxygen atoms in total. The van der Waals surface area contributed by atoms with E-state index in [-0.39, 0.29) is 30.3 Å². The molecule has 26 heavy (non-hydrogen) atoms. The van der Waals surface area contributed by atoms with Crippen molar-refractivity contribution in [3.8, 4) is 11.5 Å². The summed E-state index contributed by atoms with van der Waals surface area (Å²) in [5, 5.41) is 7.72. The van der Waals surface area contributed by atoms with Crippen LogP contribution in [0.3, 0.4) is 0 Å². The van der Waals surface area contributed by atoms with Gasteiger partial charge in [0.2, 0.25) is 11.8 Å². The molecule has 0 aliphatic carbocycles. The fraction of sp³-hybridized carbons (Fsp3) is 0.368. The third kappa shape index (κ3) is 5.23. The largest absolute Gasteiger partial charge is 0.497 e. The lowest BCUT2D eigenvalue weighted by molar-refractivity contribution is -0.123. The molecule has 1 aromatic carbocycles. The summed E-state index contributed by atoms with van der Waals surface area (Å²) in [6.45, 7) is 3.33. The van der Waals surface area contributed by atoms with E-state index in [0.29, 0.717) is 11.5 Å². The van der Waals surface area contributed by atoms with Crippen molar-refractivity contribution in [1.29, 1.82) is 0 Å². The molecule has 0 spiro atoms. The maximum absolute atomic E-state index is 12.5. The Morgan fingerprint density at radius 1 is 1.15 bits per heavy atom. The number of methoxy groups -OCH3 is 2. The molecule has 2 aromatic rings. The molecule has 0 saturated carbocycles. The monoisotopic (exact) mass is 376 g/mol. The van der Waals surface area contributed by atoms with Crippen LogP contribution in [-0.2, 0) is 9.59 Å². The molecule has 2 N–H and O–H groups in total. The van der Waals surface area contributed by atoms with Gasteiger partial charge in [-0.05, 0) is 36.6 Å². The highest BCUT2D eigenvalue weighted by Gasteiger charge is 2.21. The van der Waals surface area contributed by atoms with Crippen molar-refractivity contribution in [2.75, 3.05) is 14.2 Å². The van der Waals surface area contributed by atoms with Gasteiger partial charge in [0.05, 0.1) is 32.7 Å². The van der Waals surface area contributed by atoms with Crippen LogP contribution in [0.1, 0.15) is 42.8 Å². The zero-order valence-electron chi connectivity index (χ0n) is 15.4. The predicted molar refractivity (Wildman–Crippen MR) is 102 cm³/mol. The summed E-state index contributed by atoms with van der Waals surface area (Å²) in [5.41, 5.74) is 0.826. The third-order valence-electron chi connectivity index (χ3n) is 3.93. The number of hydrogen-bond acceptors (Lipinski definition) is 5. The Bertz CT molecular complexity index is 746. The first-order valence-electron chi connectivity index (χ1n) is 8.26. The van der Waals surface area contributed by atoms with Crippen molar-refractivity contribution >= 4 is 23.2 Å². The smallest absolute Gasteiger partial charge is 0.222 e. The molecule has 0 radical (unpaired) electrons. The Morgan fingerprint density at radius 2 is 1.92 bits per heavy atom. The van der Waals surface area contributed by atoms with E-state index in [4.69, 9.17) is 9.47 Å². The van der Waals surface area contributed by atoms with Crippen LogP contribution in [0.5, 0.6) is 11.5 Å². The maximum Gasteiger partial charge on any atom is 0.222 e. The van der Waals surface area contributed by atoms with Gasteiger partial charge in [-0.15, -0.1) is 11.3 Å². The van der Waals surface area contributed by atoms with Crippen molar-refractivity contribution in [1.82, 2.24) is 10.6 Å². The van der Waals surface area contributed by atoms with Gasteiger partial charge in [-0.2, -0.15) is 0 Å². The number of thiophene rings is 1. The average molecular weight is 376 g/mol. The van der Waals surface area contributed by atoms with Gasteiger partial charge in [-0.3, -0.25) is 9.59 Å². The lowest BCUT2D eigenvalue weighted by Gasteiger charge is -2.21. The lowest BCUT2D eigenvalue weighted by Crippen LogP contribution is -2.33. The van der Waals surface area contributed by atoms with Crippen molar-refractivity contribution in [2.45, 2.75) is 32.4 Å². The fourth-order valence-corrected chi connectivity index (χ4v) is 3.48. The summed E-state index contributed by atoms with van der Waals surface area (Å²) < 4.78 is 10.6. The predicted octanol–water partition coefficient (Wildman–Crippen LogP) is 3.21. The Kier molecular flexibility index (Phi) is 7.03. The van der Waals surface area contributed by atoms with Crippen molar-refractivity contribution in [2.24, 2.45) is 0 Å². The Labute approximate surface area is 157 Å². The van der Waals surface area contributed by atoms with E-state index in [0.717, 1.165) is 10.4 Å². The van der Waals surface area contributed by atoms with Crippen LogP contribution in [0.2, 0.25) is 0 Å². The van der Waals surface area contributed by atoms with Gasteiger partial charge in [-0.25, -0.2) is 0 Å². The first-order chi connectivity index (χ1) is 12.4. The fourth-order valence-electron chi connectivity index (χ4n) is 2.70. The van der Waals surface area contributed by atoms with Crippen LogP contribution >= 0.6 is 11.3 Å². The Hall–Kier alpha value is -2.54. The number of rotatable bonds is 8. The number of ether oxygens (including phenoxy) is 2. The normalized spacial score (nSPS) is 12.8. The summed E-state index contributed by atoms with van der Waals surface area (Å²) in [6, 6.07) is 8.65.